The number of alkyl halides is 3. The van der Waals surface area contributed by atoms with Gasteiger partial charge in [0.05, 0.1) is 28.4 Å². The summed E-state index contributed by atoms with van der Waals surface area (Å²) in [6.45, 7) is 0. The lowest BCUT2D eigenvalue weighted by Gasteiger charge is -2.13. The second-order valence-corrected chi connectivity index (χ2v) is 5.74. The molecule has 8 heteroatoms. The first-order valence-electron chi connectivity index (χ1n) is 8.07. The minimum Gasteiger partial charge on any atom is -0.340 e. The molecular weight excluding hydrogens is 369 g/mol. The summed E-state index contributed by atoms with van der Waals surface area (Å²) >= 11 is 0. The third kappa shape index (κ3) is 4.45. The van der Waals surface area contributed by atoms with Crippen LogP contribution in [0.1, 0.15) is 21.5 Å². The van der Waals surface area contributed by atoms with E-state index >= 15 is 0 Å². The molecule has 2 aromatic carbocycles. The molecule has 0 spiro atoms. The van der Waals surface area contributed by atoms with E-state index in [0.29, 0.717) is 17.1 Å². The van der Waals surface area contributed by atoms with E-state index in [0.717, 1.165) is 6.07 Å². The number of hydrogen-bond acceptors (Lipinski definition) is 4. The normalized spacial score (nSPS) is 10.8. The highest BCUT2D eigenvalue weighted by Gasteiger charge is 2.33. The maximum absolute atomic E-state index is 13.0. The molecule has 0 unspecified atom stereocenters. The third-order valence-electron chi connectivity index (χ3n) is 3.79. The van der Waals surface area contributed by atoms with Crippen molar-refractivity contribution in [1.82, 2.24) is 4.98 Å². The van der Waals surface area contributed by atoms with Crippen LogP contribution in [0.15, 0.2) is 66.9 Å². The molecule has 140 valence electrons. The van der Waals surface area contributed by atoms with Crippen LogP contribution in [0.4, 0.5) is 30.4 Å². The van der Waals surface area contributed by atoms with Crippen molar-refractivity contribution in [2.45, 2.75) is 6.18 Å². The van der Waals surface area contributed by atoms with Gasteiger partial charge in [-0.05, 0) is 48.5 Å². The zero-order valence-corrected chi connectivity index (χ0v) is 14.3. The van der Waals surface area contributed by atoms with Crippen LogP contribution in [0.25, 0.3) is 0 Å². The summed E-state index contributed by atoms with van der Waals surface area (Å²) in [5.41, 5.74) is 0.0880. The molecule has 0 aliphatic carbocycles. The van der Waals surface area contributed by atoms with E-state index < -0.39 is 17.6 Å². The Kier molecular flexibility index (Phi) is 5.27. The number of nitriles is 1. The number of benzene rings is 2. The summed E-state index contributed by atoms with van der Waals surface area (Å²) in [7, 11) is 0. The number of amides is 1. The maximum atomic E-state index is 13.0. The van der Waals surface area contributed by atoms with Crippen molar-refractivity contribution in [3.05, 3.63) is 83.6 Å². The Labute approximate surface area is 158 Å². The van der Waals surface area contributed by atoms with Gasteiger partial charge in [-0.15, -0.1) is 0 Å². The Balaban J connectivity index is 1.71. The average molecular weight is 382 g/mol. The summed E-state index contributed by atoms with van der Waals surface area (Å²) in [5.74, 6) is -0.258. The number of carbonyl (C=O) groups excluding carboxylic acids is 1. The fraction of sp³-hybridized carbons (Fsp3) is 0.0500. The van der Waals surface area contributed by atoms with E-state index in [-0.39, 0.29) is 11.3 Å². The molecule has 0 radical (unpaired) electrons. The lowest BCUT2D eigenvalue weighted by molar-refractivity contribution is -0.136. The molecule has 2 N–H and O–H groups in total. The number of carbonyl (C=O) groups is 1. The lowest BCUT2D eigenvalue weighted by atomic mass is 10.1. The highest BCUT2D eigenvalue weighted by atomic mass is 19.4. The Bertz CT molecular complexity index is 1020. The second-order valence-electron chi connectivity index (χ2n) is 5.74. The van der Waals surface area contributed by atoms with Gasteiger partial charge >= 0.3 is 6.18 Å². The molecule has 0 fully saturated rings. The third-order valence-corrected chi connectivity index (χ3v) is 3.79. The van der Waals surface area contributed by atoms with Gasteiger partial charge in [0.15, 0.2) is 0 Å². The van der Waals surface area contributed by atoms with Gasteiger partial charge in [0.25, 0.3) is 5.91 Å². The number of hydrogen-bond donors (Lipinski definition) is 2. The molecule has 1 heterocycles. The van der Waals surface area contributed by atoms with E-state index in [4.69, 9.17) is 5.26 Å². The second kappa shape index (κ2) is 7.80. The highest BCUT2D eigenvalue weighted by molar-refractivity contribution is 6.04. The van der Waals surface area contributed by atoms with Crippen molar-refractivity contribution >= 4 is 23.1 Å². The lowest BCUT2D eigenvalue weighted by Crippen LogP contribution is -2.16. The van der Waals surface area contributed by atoms with Gasteiger partial charge < -0.3 is 10.6 Å². The topological polar surface area (TPSA) is 77.8 Å². The van der Waals surface area contributed by atoms with Crippen LogP contribution in [0.5, 0.6) is 0 Å². The smallest absolute Gasteiger partial charge is 0.340 e. The monoisotopic (exact) mass is 382 g/mol. The van der Waals surface area contributed by atoms with Gasteiger partial charge in [0.2, 0.25) is 0 Å². The number of anilines is 3. The van der Waals surface area contributed by atoms with Crippen LogP contribution in [0.2, 0.25) is 0 Å². The highest BCUT2D eigenvalue weighted by Crippen LogP contribution is 2.34. The molecule has 3 rings (SSSR count). The number of para-hydroxylation sites is 1. The van der Waals surface area contributed by atoms with Gasteiger partial charge in [0, 0.05) is 11.9 Å². The zero-order valence-electron chi connectivity index (χ0n) is 14.3. The van der Waals surface area contributed by atoms with Crippen molar-refractivity contribution in [3.63, 3.8) is 0 Å². The van der Waals surface area contributed by atoms with Gasteiger partial charge in [0.1, 0.15) is 5.82 Å². The van der Waals surface area contributed by atoms with E-state index in [1.165, 1.54) is 36.5 Å². The molecule has 0 saturated carbocycles. The zero-order chi connectivity index (χ0) is 20.1. The first kappa shape index (κ1) is 18.9. The molecule has 1 amide bonds. The Hall–Kier alpha value is -3.86. The molecule has 1 aromatic heterocycles. The summed E-state index contributed by atoms with van der Waals surface area (Å²) in [6.07, 6.45) is -3.31. The van der Waals surface area contributed by atoms with Gasteiger partial charge in [-0.2, -0.15) is 18.4 Å². The van der Waals surface area contributed by atoms with Crippen LogP contribution >= 0.6 is 0 Å². The molecule has 0 aliphatic rings. The van der Waals surface area contributed by atoms with E-state index in [2.05, 4.69) is 15.6 Å². The van der Waals surface area contributed by atoms with Crippen LogP contribution in [0, 0.1) is 11.3 Å². The van der Waals surface area contributed by atoms with E-state index in [9.17, 15) is 18.0 Å². The molecule has 0 bridgehead atoms. The maximum Gasteiger partial charge on any atom is 0.418 e. The van der Waals surface area contributed by atoms with Crippen LogP contribution in [-0.4, -0.2) is 10.9 Å². The largest absolute Gasteiger partial charge is 0.418 e. The summed E-state index contributed by atoms with van der Waals surface area (Å²) < 4.78 is 39.1. The number of nitrogens with one attached hydrogen (secondary N) is 2. The number of rotatable bonds is 4. The van der Waals surface area contributed by atoms with Crippen LogP contribution in [0.3, 0.4) is 0 Å². The quantitative estimate of drug-likeness (QED) is 0.668. The Morgan fingerprint density at radius 2 is 1.71 bits per heavy atom. The number of nitrogens with zero attached hydrogens (tertiary/aromatic N) is 2. The minimum atomic E-state index is -4.57. The molecule has 0 saturated heterocycles. The number of pyridine rings is 1. The van der Waals surface area contributed by atoms with Crippen molar-refractivity contribution in [2.75, 3.05) is 10.6 Å². The van der Waals surface area contributed by atoms with Crippen molar-refractivity contribution < 1.29 is 18.0 Å². The van der Waals surface area contributed by atoms with Crippen LogP contribution in [-0.2, 0) is 6.18 Å². The van der Waals surface area contributed by atoms with Gasteiger partial charge in [-0.3, -0.25) is 4.79 Å². The SMILES string of the molecule is N#Cc1ccc(Nc2ccc(C(=O)Nc3ccccc3C(F)(F)F)cn2)cc1. The first-order chi connectivity index (χ1) is 13.4. The van der Waals surface area contributed by atoms with Gasteiger partial charge in [-0.1, -0.05) is 12.1 Å². The van der Waals surface area contributed by atoms with Crippen molar-refractivity contribution in [2.24, 2.45) is 0 Å². The molecule has 5 nitrogen and oxygen atoms in total. The fourth-order valence-electron chi connectivity index (χ4n) is 2.41. The van der Waals surface area contributed by atoms with Crippen molar-refractivity contribution in [1.29, 1.82) is 5.26 Å². The van der Waals surface area contributed by atoms with Crippen molar-refractivity contribution in [3.8, 4) is 6.07 Å². The molecule has 28 heavy (non-hydrogen) atoms. The van der Waals surface area contributed by atoms with Crippen LogP contribution < -0.4 is 10.6 Å². The number of aromatic nitrogens is 1. The summed E-state index contributed by atoms with van der Waals surface area (Å²) in [4.78, 5) is 16.4. The predicted octanol–water partition coefficient (Wildman–Crippen LogP) is 4.97. The Morgan fingerprint density at radius 1 is 1.00 bits per heavy atom. The summed E-state index contributed by atoms with van der Waals surface area (Å²) in [6, 6.07) is 16.4. The molecular formula is C20H13F3N4O. The average Bonchev–Trinajstić information content (AvgIpc) is 2.69. The number of halogens is 3. The standard InChI is InChI=1S/C20H13F3N4O/c21-20(22,23)16-3-1-2-4-17(16)27-19(28)14-7-10-18(25-12-14)26-15-8-5-13(11-24)6-9-15/h1-10,12H,(H,25,26)(H,27,28). The summed E-state index contributed by atoms with van der Waals surface area (Å²) in [5, 5.41) is 14.0. The predicted molar refractivity (Wildman–Crippen MR) is 98.1 cm³/mol. The Morgan fingerprint density at radius 3 is 2.32 bits per heavy atom. The molecule has 0 atom stereocenters. The minimum absolute atomic E-state index is 0.113. The van der Waals surface area contributed by atoms with E-state index in [1.54, 1.807) is 24.3 Å². The van der Waals surface area contributed by atoms with E-state index in [1.807, 2.05) is 6.07 Å². The molecule has 3 aromatic rings. The molecule has 0 aliphatic heterocycles. The fourth-order valence-corrected chi connectivity index (χ4v) is 2.41. The first-order valence-corrected chi connectivity index (χ1v) is 8.07. The van der Waals surface area contributed by atoms with Gasteiger partial charge in [-0.25, -0.2) is 4.98 Å².